The quantitative estimate of drug-likeness (QED) is 0.881. The van der Waals surface area contributed by atoms with Crippen molar-refractivity contribution in [3.05, 3.63) is 29.7 Å². The number of methoxy groups -OCH3 is 1. The van der Waals surface area contributed by atoms with Gasteiger partial charge in [0.05, 0.1) is 12.8 Å². The molecule has 0 bridgehead atoms. The third kappa shape index (κ3) is 2.72. The number of aromatic amines is 1. The smallest absolute Gasteiger partial charge is 0.353 e. The van der Waals surface area contributed by atoms with E-state index in [4.69, 9.17) is 9.84 Å². The SMILES string of the molecule is COc1c(-c2cc(C(=O)O)[nH]n2)ccc(S(C)(=O)=O)c1F. The van der Waals surface area contributed by atoms with Crippen LogP contribution in [0.5, 0.6) is 5.75 Å². The van der Waals surface area contributed by atoms with Gasteiger partial charge in [-0.1, -0.05) is 0 Å². The third-order valence-corrected chi connectivity index (χ3v) is 3.86. The number of ether oxygens (including phenoxy) is 1. The number of halogens is 1. The lowest BCUT2D eigenvalue weighted by Gasteiger charge is -2.10. The van der Waals surface area contributed by atoms with E-state index >= 15 is 0 Å². The van der Waals surface area contributed by atoms with Crippen LogP contribution in [0.4, 0.5) is 4.39 Å². The van der Waals surface area contributed by atoms with Gasteiger partial charge in [-0.05, 0) is 18.2 Å². The van der Waals surface area contributed by atoms with Gasteiger partial charge in [-0.3, -0.25) is 5.10 Å². The van der Waals surface area contributed by atoms with Crippen molar-refractivity contribution in [2.75, 3.05) is 13.4 Å². The fourth-order valence-corrected chi connectivity index (χ4v) is 2.53. The van der Waals surface area contributed by atoms with Crippen LogP contribution in [-0.4, -0.2) is 43.1 Å². The lowest BCUT2D eigenvalue weighted by atomic mass is 10.1. The zero-order valence-corrected chi connectivity index (χ0v) is 11.9. The Morgan fingerprint density at radius 3 is 2.57 bits per heavy atom. The molecule has 1 aromatic heterocycles. The summed E-state index contributed by atoms with van der Waals surface area (Å²) >= 11 is 0. The minimum Gasteiger partial charge on any atom is -0.493 e. The molecule has 21 heavy (non-hydrogen) atoms. The number of hydrogen-bond donors (Lipinski definition) is 2. The standard InChI is InChI=1S/C12H11FN2O5S/c1-20-11-6(7-5-8(12(16)17)15-14-7)3-4-9(10(11)13)21(2,18)19/h3-5H,1-2H3,(H,14,15)(H,16,17). The monoisotopic (exact) mass is 314 g/mol. The first-order valence-corrected chi connectivity index (χ1v) is 7.50. The number of aromatic nitrogens is 2. The summed E-state index contributed by atoms with van der Waals surface area (Å²) in [4.78, 5) is 10.3. The van der Waals surface area contributed by atoms with Crippen LogP contribution in [0, 0.1) is 5.82 Å². The van der Waals surface area contributed by atoms with Crippen molar-refractivity contribution < 1.29 is 27.4 Å². The van der Waals surface area contributed by atoms with E-state index in [0.29, 0.717) is 0 Å². The van der Waals surface area contributed by atoms with Crippen molar-refractivity contribution in [2.45, 2.75) is 4.90 Å². The molecular formula is C12H11FN2O5S. The molecule has 0 atom stereocenters. The highest BCUT2D eigenvalue weighted by Gasteiger charge is 2.23. The molecule has 0 amide bonds. The Balaban J connectivity index is 2.65. The number of carboxylic acids is 1. The first-order chi connectivity index (χ1) is 9.75. The molecule has 0 unspecified atom stereocenters. The van der Waals surface area contributed by atoms with Crippen LogP contribution >= 0.6 is 0 Å². The van der Waals surface area contributed by atoms with Crippen LogP contribution in [0.2, 0.25) is 0 Å². The van der Waals surface area contributed by atoms with Gasteiger partial charge in [0, 0.05) is 11.8 Å². The second-order valence-electron chi connectivity index (χ2n) is 4.20. The molecule has 0 fully saturated rings. The summed E-state index contributed by atoms with van der Waals surface area (Å²) in [7, 11) is -2.57. The molecule has 0 radical (unpaired) electrons. The summed E-state index contributed by atoms with van der Waals surface area (Å²) in [5, 5.41) is 14.8. The van der Waals surface area contributed by atoms with Crippen molar-refractivity contribution in [1.29, 1.82) is 0 Å². The molecule has 9 heteroatoms. The van der Waals surface area contributed by atoms with Crippen LogP contribution in [-0.2, 0) is 9.84 Å². The molecular weight excluding hydrogens is 303 g/mol. The molecule has 0 aliphatic rings. The van der Waals surface area contributed by atoms with Gasteiger partial charge in [-0.25, -0.2) is 17.6 Å². The molecule has 1 aromatic carbocycles. The second kappa shape index (κ2) is 5.17. The number of carboxylic acid groups (broad SMARTS) is 1. The summed E-state index contributed by atoms with van der Waals surface area (Å²) in [6.45, 7) is 0. The Morgan fingerprint density at radius 2 is 2.10 bits per heavy atom. The van der Waals surface area contributed by atoms with Gasteiger partial charge >= 0.3 is 5.97 Å². The molecule has 0 aliphatic carbocycles. The maximum Gasteiger partial charge on any atom is 0.353 e. The maximum absolute atomic E-state index is 14.2. The van der Waals surface area contributed by atoms with E-state index in [9.17, 15) is 17.6 Å². The molecule has 0 spiro atoms. The highest BCUT2D eigenvalue weighted by atomic mass is 32.2. The highest BCUT2D eigenvalue weighted by molar-refractivity contribution is 7.90. The number of H-pyrrole nitrogens is 1. The lowest BCUT2D eigenvalue weighted by molar-refractivity contribution is 0.0690. The van der Waals surface area contributed by atoms with Gasteiger partial charge in [0.2, 0.25) is 0 Å². The summed E-state index contributed by atoms with van der Waals surface area (Å²) < 4.78 is 42.1. The second-order valence-corrected chi connectivity index (χ2v) is 6.19. The van der Waals surface area contributed by atoms with Gasteiger partial charge in [0.25, 0.3) is 0 Å². The molecule has 1 heterocycles. The predicted octanol–water partition coefficient (Wildman–Crippen LogP) is 1.33. The van der Waals surface area contributed by atoms with Crippen molar-refractivity contribution >= 4 is 15.8 Å². The number of hydrogen-bond acceptors (Lipinski definition) is 5. The van der Waals surface area contributed by atoms with Crippen molar-refractivity contribution in [3.8, 4) is 17.0 Å². The van der Waals surface area contributed by atoms with E-state index in [1.807, 2.05) is 0 Å². The minimum atomic E-state index is -3.75. The number of nitrogens with zero attached hydrogens (tertiary/aromatic N) is 1. The Kier molecular flexibility index (Phi) is 3.69. The van der Waals surface area contributed by atoms with Gasteiger partial charge in [-0.2, -0.15) is 5.10 Å². The Labute approximate surface area is 119 Å². The number of sulfone groups is 1. The van der Waals surface area contributed by atoms with Gasteiger partial charge in [0.15, 0.2) is 21.4 Å². The van der Waals surface area contributed by atoms with Crippen LogP contribution in [0.25, 0.3) is 11.3 Å². The molecule has 2 aromatic rings. The molecule has 112 valence electrons. The zero-order valence-electron chi connectivity index (χ0n) is 11.0. The van der Waals surface area contributed by atoms with E-state index in [1.165, 1.54) is 19.2 Å². The normalized spacial score (nSPS) is 11.4. The van der Waals surface area contributed by atoms with Crippen LogP contribution in [0.15, 0.2) is 23.1 Å². The van der Waals surface area contributed by atoms with E-state index < -0.39 is 26.5 Å². The Bertz CT molecular complexity index is 813. The molecule has 0 saturated carbocycles. The van der Waals surface area contributed by atoms with Crippen LogP contribution < -0.4 is 4.74 Å². The Morgan fingerprint density at radius 1 is 1.43 bits per heavy atom. The van der Waals surface area contributed by atoms with Crippen LogP contribution in [0.1, 0.15) is 10.5 Å². The van der Waals surface area contributed by atoms with E-state index in [1.54, 1.807) is 0 Å². The molecule has 0 aliphatic heterocycles. The number of rotatable bonds is 4. The molecule has 2 rings (SSSR count). The lowest BCUT2D eigenvalue weighted by Crippen LogP contribution is -2.03. The first kappa shape index (κ1) is 15.0. The predicted molar refractivity (Wildman–Crippen MR) is 70.6 cm³/mol. The number of aromatic carboxylic acids is 1. The van der Waals surface area contributed by atoms with E-state index in [-0.39, 0.29) is 22.7 Å². The number of carbonyl (C=O) groups is 1. The molecule has 2 N–H and O–H groups in total. The van der Waals surface area contributed by atoms with Gasteiger partial charge < -0.3 is 9.84 Å². The Hall–Kier alpha value is -2.42. The van der Waals surface area contributed by atoms with E-state index in [0.717, 1.165) is 12.3 Å². The minimum absolute atomic E-state index is 0.128. The van der Waals surface area contributed by atoms with Gasteiger partial charge in [-0.15, -0.1) is 0 Å². The fraction of sp³-hybridized carbons (Fsp3) is 0.167. The van der Waals surface area contributed by atoms with E-state index in [2.05, 4.69) is 10.2 Å². The maximum atomic E-state index is 14.2. The summed E-state index contributed by atoms with van der Waals surface area (Å²) in [5.74, 6) is -2.58. The van der Waals surface area contributed by atoms with Gasteiger partial charge in [0.1, 0.15) is 10.6 Å². The highest BCUT2D eigenvalue weighted by Crippen LogP contribution is 2.34. The number of benzene rings is 1. The fourth-order valence-electron chi connectivity index (χ4n) is 1.79. The van der Waals surface area contributed by atoms with Crippen LogP contribution in [0.3, 0.4) is 0 Å². The first-order valence-electron chi connectivity index (χ1n) is 5.61. The van der Waals surface area contributed by atoms with Crippen molar-refractivity contribution in [3.63, 3.8) is 0 Å². The third-order valence-electron chi connectivity index (χ3n) is 2.75. The number of nitrogens with one attached hydrogen (secondary N) is 1. The summed E-state index contributed by atoms with van der Waals surface area (Å²) in [6.07, 6.45) is 0.877. The molecule has 7 nitrogen and oxygen atoms in total. The zero-order chi connectivity index (χ0) is 15.8. The molecule has 0 saturated heterocycles. The summed E-state index contributed by atoms with van der Waals surface area (Å²) in [6, 6.07) is 3.58. The average Bonchev–Trinajstić information content (AvgIpc) is 2.86. The van der Waals surface area contributed by atoms with Crippen molar-refractivity contribution in [2.24, 2.45) is 0 Å². The summed E-state index contributed by atoms with van der Waals surface area (Å²) in [5.41, 5.74) is 0.0917. The topological polar surface area (TPSA) is 109 Å². The van der Waals surface area contributed by atoms with Crippen molar-refractivity contribution in [1.82, 2.24) is 10.2 Å². The largest absolute Gasteiger partial charge is 0.493 e. The average molecular weight is 314 g/mol.